The van der Waals surface area contributed by atoms with Gasteiger partial charge in [0.1, 0.15) is 24.6 Å². The molecule has 0 fully saturated rings. The molecule has 1 heterocycles. The van der Waals surface area contributed by atoms with Crippen molar-refractivity contribution >= 4 is 71.5 Å². The summed E-state index contributed by atoms with van der Waals surface area (Å²) in [4.78, 5) is 0. The summed E-state index contributed by atoms with van der Waals surface area (Å²) in [5, 5.41) is 12.1. The molecule has 1 aliphatic heterocycles. The van der Waals surface area contributed by atoms with Crippen molar-refractivity contribution in [3.8, 4) is 0 Å². The number of benzene rings is 8. The maximum absolute atomic E-state index is 2.64. The van der Waals surface area contributed by atoms with E-state index in [4.69, 9.17) is 0 Å². The van der Waals surface area contributed by atoms with Crippen LogP contribution in [0.3, 0.4) is 0 Å². The number of hydrogen-bond acceptors (Lipinski definition) is 0. The third-order valence-electron chi connectivity index (χ3n) is 13.7. The Morgan fingerprint density at radius 3 is 0.422 bits per heavy atom. The lowest BCUT2D eigenvalue weighted by Gasteiger charge is -2.33. The molecule has 8 aromatic carbocycles. The Hall–Kier alpha value is -5.04. The van der Waals surface area contributed by atoms with Crippen molar-refractivity contribution in [3.63, 3.8) is 0 Å². The zero-order valence-corrected chi connectivity index (χ0v) is 40.4. The van der Waals surface area contributed by atoms with Crippen molar-refractivity contribution in [2.45, 2.75) is 0 Å². The van der Waals surface area contributed by atoms with Gasteiger partial charge in [0.25, 0.3) is 0 Å². The lowest BCUT2D eigenvalue weighted by Crippen LogP contribution is -2.34. The normalized spacial score (nSPS) is 18.2. The third-order valence-corrected chi connectivity index (χ3v) is 32.0. The minimum Gasteiger partial charge on any atom is -0.0620 e. The molecule has 0 saturated carbocycles. The molecule has 0 atom stereocenters. The summed E-state index contributed by atoms with van der Waals surface area (Å²) in [6.07, 6.45) is 19.3. The lowest BCUT2D eigenvalue weighted by atomic mass is 10.4. The summed E-state index contributed by atoms with van der Waals surface area (Å²) in [5.41, 5.74) is 0. The Morgan fingerprint density at radius 2 is 0.297 bits per heavy atom. The van der Waals surface area contributed by atoms with E-state index in [1.54, 1.807) is 0 Å². The SMILES string of the molecule is C1=C\C[P+](c2ccccc2)(c2ccccc2)CC[P+](c2ccccc2)(c2ccccc2)C/C=C\C[P+](c2ccccc2)(c2ccccc2)CC[P+](c2ccccc2)(c2ccccc2)C/1. The van der Waals surface area contributed by atoms with Crippen molar-refractivity contribution in [2.24, 2.45) is 0 Å². The van der Waals surface area contributed by atoms with E-state index in [9.17, 15) is 0 Å². The second kappa shape index (κ2) is 20.9. The van der Waals surface area contributed by atoms with Crippen molar-refractivity contribution in [3.05, 3.63) is 267 Å². The fourth-order valence-electron chi connectivity index (χ4n) is 10.2. The Kier molecular flexibility index (Phi) is 14.4. The van der Waals surface area contributed by atoms with Crippen LogP contribution in [0.15, 0.2) is 267 Å². The largest absolute Gasteiger partial charge is 0.103 e. The van der Waals surface area contributed by atoms with Gasteiger partial charge in [0, 0.05) is 0 Å². The van der Waals surface area contributed by atoms with Crippen LogP contribution in [0, 0.1) is 0 Å². The van der Waals surface area contributed by atoms with Gasteiger partial charge < -0.3 is 0 Å². The van der Waals surface area contributed by atoms with Crippen molar-refractivity contribution < 1.29 is 0 Å². The molecule has 0 radical (unpaired) electrons. The molecule has 316 valence electrons. The molecular weight excluding hydrogens is 845 g/mol. The predicted octanol–water partition coefficient (Wildman–Crippen LogP) is 11.8. The molecule has 64 heavy (non-hydrogen) atoms. The van der Waals surface area contributed by atoms with Crippen molar-refractivity contribution in [1.82, 2.24) is 0 Å². The molecule has 4 heteroatoms. The van der Waals surface area contributed by atoms with E-state index in [0.717, 1.165) is 49.3 Å². The number of rotatable bonds is 8. The highest BCUT2D eigenvalue weighted by molar-refractivity contribution is 7.94. The molecular formula is C60H60P4+4. The fraction of sp³-hybridized carbons (Fsp3) is 0.133. The van der Waals surface area contributed by atoms with Gasteiger partial charge in [-0.3, -0.25) is 0 Å². The summed E-state index contributed by atoms with van der Waals surface area (Å²) >= 11 is 0. The quantitative estimate of drug-likeness (QED) is 0.105. The van der Waals surface area contributed by atoms with Crippen LogP contribution in [0.2, 0.25) is 0 Å². The molecule has 1 aliphatic rings. The van der Waals surface area contributed by atoms with E-state index < -0.39 is 29.0 Å². The topological polar surface area (TPSA) is 0 Å². The van der Waals surface area contributed by atoms with E-state index in [1.807, 2.05) is 0 Å². The average Bonchev–Trinajstić information content (AvgIpc) is 3.39. The Bertz CT molecular complexity index is 2150. The third kappa shape index (κ3) is 9.24. The first kappa shape index (κ1) is 44.2. The van der Waals surface area contributed by atoms with Crippen LogP contribution in [0.4, 0.5) is 0 Å². The molecule has 8 aromatic rings. The van der Waals surface area contributed by atoms with E-state index in [1.165, 1.54) is 42.4 Å². The van der Waals surface area contributed by atoms with Gasteiger partial charge in [0.2, 0.25) is 0 Å². The summed E-state index contributed by atoms with van der Waals surface area (Å²) < 4.78 is 0. The van der Waals surface area contributed by atoms with E-state index >= 15 is 0 Å². The van der Waals surface area contributed by atoms with E-state index in [0.29, 0.717) is 0 Å². The van der Waals surface area contributed by atoms with Crippen molar-refractivity contribution in [2.75, 3.05) is 49.3 Å². The first-order valence-corrected chi connectivity index (χ1v) is 31.5. The average molecular weight is 905 g/mol. The Labute approximate surface area is 385 Å². The monoisotopic (exact) mass is 904 g/mol. The minimum absolute atomic E-state index is 1.04. The predicted molar refractivity (Wildman–Crippen MR) is 294 cm³/mol. The van der Waals surface area contributed by atoms with Crippen LogP contribution >= 0.6 is 29.0 Å². The molecule has 0 nitrogen and oxygen atoms in total. The first-order valence-electron chi connectivity index (χ1n) is 22.9. The highest BCUT2D eigenvalue weighted by Crippen LogP contribution is 2.66. The maximum Gasteiger partial charge on any atom is 0.103 e. The maximum atomic E-state index is 2.64. The smallest absolute Gasteiger partial charge is 0.0620 e. The standard InChI is InChI=1S/C60H60P4/c1-9-29-53(30-10-1)61(54-31-11-2-12-32-54)45-25-26-46-63(57-37-17-5-18-38-57,58-39-19-6-20-40-58)51-52-64(59-41-21-7-22-42-59,60-43-23-8-24-44-60)48-28-27-47-62(50-49-61,55-33-13-3-14-34-55)56-35-15-4-16-36-56/h1-44H,45-52H2/q+4/b26-25-,28-27-. The van der Waals surface area contributed by atoms with Crippen LogP contribution in [0.25, 0.3) is 0 Å². The van der Waals surface area contributed by atoms with Crippen LogP contribution in [-0.4, -0.2) is 49.3 Å². The van der Waals surface area contributed by atoms with Gasteiger partial charge >= 0.3 is 0 Å². The first-order chi connectivity index (χ1) is 31.7. The van der Waals surface area contributed by atoms with Crippen LogP contribution in [0.5, 0.6) is 0 Å². The van der Waals surface area contributed by atoms with E-state index in [2.05, 4.69) is 267 Å². The molecule has 0 N–H and O–H groups in total. The summed E-state index contributed by atoms with van der Waals surface area (Å²) in [7, 11) is -7.86. The van der Waals surface area contributed by atoms with Gasteiger partial charge in [-0.05, 0) is 121 Å². The zero-order valence-electron chi connectivity index (χ0n) is 36.8. The molecule has 0 saturated heterocycles. The second-order valence-corrected chi connectivity index (χ2v) is 32.2. The molecule has 0 aliphatic carbocycles. The van der Waals surface area contributed by atoms with Crippen LogP contribution < -0.4 is 42.4 Å². The van der Waals surface area contributed by atoms with Gasteiger partial charge in [-0.2, -0.15) is 0 Å². The van der Waals surface area contributed by atoms with Crippen molar-refractivity contribution in [1.29, 1.82) is 0 Å². The summed E-state index contributed by atoms with van der Waals surface area (Å²) in [6.45, 7) is 0. The van der Waals surface area contributed by atoms with Crippen LogP contribution in [0.1, 0.15) is 0 Å². The minimum atomic E-state index is -1.96. The molecule has 0 aromatic heterocycles. The molecule has 0 amide bonds. The summed E-state index contributed by atoms with van der Waals surface area (Å²) in [6, 6.07) is 93.1. The number of hydrogen-bond donors (Lipinski definition) is 0. The molecule has 0 bridgehead atoms. The van der Waals surface area contributed by atoms with Gasteiger partial charge in [-0.1, -0.05) is 146 Å². The highest BCUT2D eigenvalue weighted by atomic mass is 31.2. The molecule has 9 rings (SSSR count). The van der Waals surface area contributed by atoms with Crippen LogP contribution in [-0.2, 0) is 0 Å². The van der Waals surface area contributed by atoms with Gasteiger partial charge in [-0.15, -0.1) is 0 Å². The van der Waals surface area contributed by atoms with Gasteiger partial charge in [0.05, 0.1) is 96.1 Å². The number of allylic oxidation sites excluding steroid dienone is 4. The second-order valence-electron chi connectivity index (χ2n) is 17.1. The highest BCUT2D eigenvalue weighted by Gasteiger charge is 2.52. The van der Waals surface area contributed by atoms with E-state index in [-0.39, 0.29) is 0 Å². The fourth-order valence-corrected chi connectivity index (χ4v) is 29.4. The summed E-state index contributed by atoms with van der Waals surface area (Å²) in [5.74, 6) is 0. The Balaban J connectivity index is 1.28. The lowest BCUT2D eigenvalue weighted by molar-refractivity contribution is 1.40. The Morgan fingerprint density at radius 1 is 0.172 bits per heavy atom. The van der Waals surface area contributed by atoms with Gasteiger partial charge in [0.15, 0.2) is 0 Å². The van der Waals surface area contributed by atoms with Gasteiger partial charge in [-0.25, -0.2) is 0 Å². The molecule has 0 unspecified atom stereocenters. The zero-order chi connectivity index (χ0) is 43.4. The molecule has 0 spiro atoms.